The van der Waals surface area contributed by atoms with E-state index < -0.39 is 5.41 Å². The van der Waals surface area contributed by atoms with E-state index in [1.54, 1.807) is 23.9 Å². The summed E-state index contributed by atoms with van der Waals surface area (Å²) < 4.78 is 1.90. The van der Waals surface area contributed by atoms with Gasteiger partial charge in [0.1, 0.15) is 0 Å². The molecule has 1 saturated heterocycles. The molecule has 0 bridgehead atoms. The smallest absolute Gasteiger partial charge is 0.227 e. The first kappa shape index (κ1) is 19.6. The Morgan fingerprint density at radius 3 is 2.93 bits per heavy atom. The molecule has 2 aromatic rings. The van der Waals surface area contributed by atoms with Crippen molar-refractivity contribution in [2.75, 3.05) is 19.6 Å². The van der Waals surface area contributed by atoms with E-state index in [1.807, 2.05) is 22.6 Å². The quantitative estimate of drug-likeness (QED) is 0.793. The lowest BCUT2D eigenvalue weighted by atomic mass is 9.80. The molecule has 0 radical (unpaired) electrons. The SMILES string of the molecule is Cc1ccc(CCNC(=O)[C@@]2(C)CCCN(C(=O)CCn3ccnc3)C2)s1. The van der Waals surface area contributed by atoms with Crippen LogP contribution in [0.1, 0.15) is 35.9 Å². The first-order chi connectivity index (χ1) is 13.0. The Bertz CT molecular complexity index is 771. The van der Waals surface area contributed by atoms with Gasteiger partial charge in [-0.25, -0.2) is 4.98 Å². The van der Waals surface area contributed by atoms with Crippen LogP contribution in [0.2, 0.25) is 0 Å². The van der Waals surface area contributed by atoms with Crippen molar-refractivity contribution in [2.24, 2.45) is 5.41 Å². The van der Waals surface area contributed by atoms with Gasteiger partial charge in [-0.3, -0.25) is 9.59 Å². The zero-order chi connectivity index (χ0) is 19.3. The van der Waals surface area contributed by atoms with Gasteiger partial charge in [0.05, 0.1) is 11.7 Å². The predicted octanol–water partition coefficient (Wildman–Crippen LogP) is 2.63. The molecule has 2 amide bonds. The maximum Gasteiger partial charge on any atom is 0.227 e. The number of imidazole rings is 1. The van der Waals surface area contributed by atoms with Crippen molar-refractivity contribution in [1.29, 1.82) is 0 Å². The van der Waals surface area contributed by atoms with Gasteiger partial charge in [0.25, 0.3) is 0 Å². The summed E-state index contributed by atoms with van der Waals surface area (Å²) in [5.74, 6) is 0.166. The number of thiophene rings is 1. The Balaban J connectivity index is 1.48. The molecule has 0 saturated carbocycles. The number of piperidine rings is 1. The maximum atomic E-state index is 12.8. The molecule has 2 aromatic heterocycles. The van der Waals surface area contributed by atoms with E-state index in [4.69, 9.17) is 0 Å². The number of likely N-dealkylation sites (tertiary alicyclic amines) is 1. The third kappa shape index (κ3) is 5.19. The molecule has 0 aromatic carbocycles. The molecule has 1 atom stereocenters. The summed E-state index contributed by atoms with van der Waals surface area (Å²) in [4.78, 5) is 33.8. The molecule has 6 nitrogen and oxygen atoms in total. The van der Waals surface area contributed by atoms with Crippen LogP contribution in [-0.2, 0) is 22.6 Å². The second kappa shape index (κ2) is 8.69. The highest BCUT2D eigenvalue weighted by atomic mass is 32.1. The molecule has 0 aliphatic carbocycles. The number of aryl methyl sites for hydroxylation is 2. The second-order valence-electron chi connectivity index (χ2n) is 7.55. The minimum Gasteiger partial charge on any atom is -0.355 e. The number of hydrogen-bond acceptors (Lipinski definition) is 4. The minimum atomic E-state index is -0.506. The van der Waals surface area contributed by atoms with Crippen LogP contribution in [0.25, 0.3) is 0 Å². The number of aromatic nitrogens is 2. The average Bonchev–Trinajstić information content (AvgIpc) is 3.31. The van der Waals surface area contributed by atoms with Gasteiger partial charge in [0.2, 0.25) is 11.8 Å². The predicted molar refractivity (Wildman–Crippen MR) is 107 cm³/mol. The molecular formula is C20H28N4O2S. The normalized spacial score (nSPS) is 19.9. The fraction of sp³-hybridized carbons (Fsp3) is 0.550. The van der Waals surface area contributed by atoms with Crippen molar-refractivity contribution in [2.45, 2.75) is 46.1 Å². The van der Waals surface area contributed by atoms with Gasteiger partial charge in [0.15, 0.2) is 0 Å². The molecule has 3 rings (SSSR count). The Hall–Kier alpha value is -2.15. The van der Waals surface area contributed by atoms with E-state index in [0.717, 1.165) is 25.8 Å². The summed E-state index contributed by atoms with van der Waals surface area (Å²) in [6.45, 7) is 6.57. The third-order valence-corrected chi connectivity index (χ3v) is 6.25. The van der Waals surface area contributed by atoms with Crippen LogP contribution in [0.4, 0.5) is 0 Å². The van der Waals surface area contributed by atoms with Crippen LogP contribution in [0.3, 0.4) is 0 Å². The van der Waals surface area contributed by atoms with Crippen LogP contribution in [0.15, 0.2) is 30.9 Å². The molecule has 7 heteroatoms. The number of carbonyl (C=O) groups is 2. The van der Waals surface area contributed by atoms with E-state index in [1.165, 1.54) is 9.75 Å². The fourth-order valence-electron chi connectivity index (χ4n) is 3.57. The summed E-state index contributed by atoms with van der Waals surface area (Å²) in [5.41, 5.74) is -0.506. The standard InChI is InChI=1S/C20H28N4O2S/c1-16-4-5-17(27-16)6-9-22-19(26)20(2)8-3-11-24(14-20)18(25)7-12-23-13-10-21-15-23/h4-5,10,13,15H,3,6-9,11-12,14H2,1-2H3,(H,22,26)/t20-/m0/s1. The molecule has 1 fully saturated rings. The molecule has 0 unspecified atom stereocenters. The number of rotatable bonds is 7. The molecule has 1 aliphatic rings. The van der Waals surface area contributed by atoms with Crippen molar-refractivity contribution in [3.05, 3.63) is 40.6 Å². The van der Waals surface area contributed by atoms with Gasteiger partial charge in [-0.15, -0.1) is 11.3 Å². The molecule has 1 aliphatic heterocycles. The Labute approximate surface area is 164 Å². The molecule has 3 heterocycles. The summed E-state index contributed by atoms with van der Waals surface area (Å²) in [6, 6.07) is 4.23. The minimum absolute atomic E-state index is 0.0582. The largest absolute Gasteiger partial charge is 0.355 e. The van der Waals surface area contributed by atoms with Crippen LogP contribution >= 0.6 is 11.3 Å². The lowest BCUT2D eigenvalue weighted by molar-refractivity contribution is -0.140. The molecule has 146 valence electrons. The monoisotopic (exact) mass is 388 g/mol. The van der Waals surface area contributed by atoms with Crippen LogP contribution < -0.4 is 5.32 Å². The number of amides is 2. The van der Waals surface area contributed by atoms with Crippen molar-refractivity contribution >= 4 is 23.2 Å². The van der Waals surface area contributed by atoms with Gasteiger partial charge in [0, 0.05) is 54.7 Å². The number of nitrogens with one attached hydrogen (secondary N) is 1. The Kier molecular flexibility index (Phi) is 6.31. The van der Waals surface area contributed by atoms with E-state index >= 15 is 0 Å². The lowest BCUT2D eigenvalue weighted by Crippen LogP contribution is -2.52. The van der Waals surface area contributed by atoms with Gasteiger partial charge in [-0.2, -0.15) is 0 Å². The molecular weight excluding hydrogens is 360 g/mol. The van der Waals surface area contributed by atoms with Crippen molar-refractivity contribution < 1.29 is 9.59 Å². The van der Waals surface area contributed by atoms with Crippen molar-refractivity contribution in [1.82, 2.24) is 19.8 Å². The van der Waals surface area contributed by atoms with E-state index in [0.29, 0.717) is 26.1 Å². The first-order valence-corrected chi connectivity index (χ1v) is 10.3. The van der Waals surface area contributed by atoms with E-state index in [9.17, 15) is 9.59 Å². The molecule has 27 heavy (non-hydrogen) atoms. The number of hydrogen-bond donors (Lipinski definition) is 1. The number of nitrogens with zero attached hydrogens (tertiary/aromatic N) is 3. The van der Waals surface area contributed by atoms with Gasteiger partial charge >= 0.3 is 0 Å². The summed E-state index contributed by atoms with van der Waals surface area (Å²) in [7, 11) is 0. The van der Waals surface area contributed by atoms with Crippen molar-refractivity contribution in [3.63, 3.8) is 0 Å². The van der Waals surface area contributed by atoms with Crippen LogP contribution in [-0.4, -0.2) is 45.9 Å². The van der Waals surface area contributed by atoms with Gasteiger partial charge in [-0.1, -0.05) is 0 Å². The fourth-order valence-corrected chi connectivity index (χ4v) is 4.46. The number of carbonyl (C=O) groups excluding carboxylic acids is 2. The van der Waals surface area contributed by atoms with Crippen LogP contribution in [0, 0.1) is 12.3 Å². The molecule has 0 spiro atoms. The third-order valence-electron chi connectivity index (χ3n) is 5.19. The van der Waals surface area contributed by atoms with Gasteiger partial charge < -0.3 is 14.8 Å². The average molecular weight is 389 g/mol. The highest BCUT2D eigenvalue weighted by Gasteiger charge is 2.38. The van der Waals surface area contributed by atoms with E-state index in [-0.39, 0.29) is 11.8 Å². The second-order valence-corrected chi connectivity index (χ2v) is 8.92. The summed E-state index contributed by atoms with van der Waals surface area (Å²) >= 11 is 1.77. The lowest BCUT2D eigenvalue weighted by Gasteiger charge is -2.39. The topological polar surface area (TPSA) is 67.2 Å². The Morgan fingerprint density at radius 2 is 2.22 bits per heavy atom. The van der Waals surface area contributed by atoms with Gasteiger partial charge in [-0.05, 0) is 45.2 Å². The highest BCUT2D eigenvalue weighted by Crippen LogP contribution is 2.30. The highest BCUT2D eigenvalue weighted by molar-refractivity contribution is 7.11. The zero-order valence-corrected chi connectivity index (χ0v) is 16.9. The summed E-state index contributed by atoms with van der Waals surface area (Å²) in [5, 5.41) is 3.08. The first-order valence-electron chi connectivity index (χ1n) is 9.53. The van der Waals surface area contributed by atoms with Crippen molar-refractivity contribution in [3.8, 4) is 0 Å². The maximum absolute atomic E-state index is 12.8. The Morgan fingerprint density at radius 1 is 1.37 bits per heavy atom. The zero-order valence-electron chi connectivity index (χ0n) is 16.1. The summed E-state index contributed by atoms with van der Waals surface area (Å²) in [6.07, 6.45) is 8.27. The molecule has 1 N–H and O–H groups in total. The van der Waals surface area contributed by atoms with E-state index in [2.05, 4.69) is 29.4 Å². The van der Waals surface area contributed by atoms with Crippen LogP contribution in [0.5, 0.6) is 0 Å².